The highest BCUT2D eigenvalue weighted by atomic mass is 16.7. The lowest BCUT2D eigenvalue weighted by atomic mass is 9.72. The van der Waals surface area contributed by atoms with Gasteiger partial charge in [0.1, 0.15) is 29.5 Å². The number of phenols is 2. The molecule has 208 valence electrons. The minimum Gasteiger partial charge on any atom is -0.507 e. The Balaban J connectivity index is 1.69. The Morgan fingerprint density at radius 1 is 1.15 bits per heavy atom. The molecular weight excluding hydrogens is 514 g/mol. The lowest BCUT2D eigenvalue weighted by molar-refractivity contribution is -0.247. The third-order valence-corrected chi connectivity index (χ3v) is 7.81. The molecule has 1 fully saturated rings. The molecule has 1 aliphatic heterocycles. The van der Waals surface area contributed by atoms with Crippen molar-refractivity contribution in [2.45, 2.75) is 62.4 Å². The molecule has 2 aromatic carbocycles. The molecule has 1 heterocycles. The standard InChI is InChI=1S/C27H29NO11/c1-10-22(31)13(28)6-17(38-10)39-15-8-27(36,16(30)9-29)7-12-19(15)26(35)21-20(24(12)33)23(32)11-4-3-5-14(37-2)18(11)25(21)34/h3-5,10,13,15,17,22,29,31,33,35-36H,6-9,28H2,1-2H3/t10?,13-,15?,17+,22-,27+/m1/s1. The van der Waals surface area contributed by atoms with Crippen LogP contribution < -0.4 is 10.5 Å². The van der Waals surface area contributed by atoms with Gasteiger partial charge in [-0.15, -0.1) is 0 Å². The summed E-state index contributed by atoms with van der Waals surface area (Å²) in [7, 11) is 1.32. The summed E-state index contributed by atoms with van der Waals surface area (Å²) >= 11 is 0. The van der Waals surface area contributed by atoms with E-state index in [1.54, 1.807) is 6.92 Å². The summed E-state index contributed by atoms with van der Waals surface area (Å²) in [5.41, 5.74) is 2.37. The quantitative estimate of drug-likeness (QED) is 0.235. The Bertz CT molecular complexity index is 1380. The number of hydrogen-bond donors (Lipinski definition) is 6. The van der Waals surface area contributed by atoms with Crippen LogP contribution in [0.4, 0.5) is 0 Å². The molecule has 1 saturated heterocycles. The third-order valence-electron chi connectivity index (χ3n) is 7.81. The number of ether oxygens (including phenoxy) is 3. The number of ketones is 3. The number of methoxy groups -OCH3 is 1. The number of aliphatic hydroxyl groups excluding tert-OH is 2. The zero-order chi connectivity index (χ0) is 28.4. The molecular formula is C27H29NO11. The van der Waals surface area contributed by atoms with Gasteiger partial charge in [0.05, 0.1) is 42.1 Å². The fourth-order valence-electron chi connectivity index (χ4n) is 5.75. The molecule has 6 atom stereocenters. The maximum Gasteiger partial charge on any atom is 0.202 e. The maximum absolute atomic E-state index is 13.6. The predicted molar refractivity (Wildman–Crippen MR) is 132 cm³/mol. The maximum atomic E-state index is 13.6. The van der Waals surface area contributed by atoms with Crippen molar-refractivity contribution in [1.29, 1.82) is 0 Å². The number of carbonyl (C=O) groups is 3. The SMILES string of the molecule is COc1cccc2c1C(=O)c1c(O)c3c(c(O)c1C2=O)C[C@@](O)(C(=O)CO)CC3O[C@H]1C[C@@H](N)[C@H](O)C(C)O1. The molecule has 0 saturated carbocycles. The summed E-state index contributed by atoms with van der Waals surface area (Å²) in [5.74, 6) is -3.77. The van der Waals surface area contributed by atoms with Gasteiger partial charge in [-0.25, -0.2) is 0 Å². The number of Topliss-reactive ketones (excluding diaryl/α,β-unsaturated/α-hetero) is 1. The topological polar surface area (TPSA) is 206 Å². The third kappa shape index (κ3) is 4.11. The molecule has 2 unspecified atom stereocenters. The number of nitrogens with two attached hydrogens (primary N) is 1. The van der Waals surface area contributed by atoms with Crippen molar-refractivity contribution in [2.75, 3.05) is 13.7 Å². The molecule has 0 aromatic heterocycles. The predicted octanol–water partition coefficient (Wildman–Crippen LogP) is 0.00130. The fraction of sp³-hybridized carbons (Fsp3) is 0.444. The summed E-state index contributed by atoms with van der Waals surface area (Å²) in [6.07, 6.45) is -5.12. The van der Waals surface area contributed by atoms with Crippen LogP contribution in [0.2, 0.25) is 0 Å². The van der Waals surface area contributed by atoms with Crippen molar-refractivity contribution in [2.24, 2.45) is 5.73 Å². The first-order valence-corrected chi connectivity index (χ1v) is 12.4. The van der Waals surface area contributed by atoms with Crippen molar-refractivity contribution in [3.63, 3.8) is 0 Å². The second-order valence-electron chi connectivity index (χ2n) is 10.2. The monoisotopic (exact) mass is 543 g/mol. The van der Waals surface area contributed by atoms with Crippen LogP contribution in [0, 0.1) is 0 Å². The lowest BCUT2D eigenvalue weighted by Crippen LogP contribution is -2.53. The summed E-state index contributed by atoms with van der Waals surface area (Å²) in [6.45, 7) is 0.560. The van der Waals surface area contributed by atoms with Crippen LogP contribution in [-0.2, 0) is 20.7 Å². The van der Waals surface area contributed by atoms with E-state index in [0.717, 1.165) is 0 Å². The average Bonchev–Trinajstić information content (AvgIpc) is 2.90. The van der Waals surface area contributed by atoms with Crippen LogP contribution >= 0.6 is 0 Å². The normalized spacial score (nSPS) is 29.8. The molecule has 0 amide bonds. The Labute approximate surface area is 222 Å². The van der Waals surface area contributed by atoms with Crippen LogP contribution in [0.3, 0.4) is 0 Å². The molecule has 12 heteroatoms. The van der Waals surface area contributed by atoms with E-state index < -0.39 is 95.7 Å². The van der Waals surface area contributed by atoms with Gasteiger partial charge in [0.25, 0.3) is 0 Å². The first kappa shape index (κ1) is 27.2. The van der Waals surface area contributed by atoms with Crippen LogP contribution in [0.5, 0.6) is 17.2 Å². The number of phenolic OH excluding ortho intramolecular Hbond substituents is 2. The first-order chi connectivity index (χ1) is 18.4. The van der Waals surface area contributed by atoms with Gasteiger partial charge >= 0.3 is 0 Å². The smallest absolute Gasteiger partial charge is 0.202 e. The van der Waals surface area contributed by atoms with Crippen molar-refractivity contribution < 1.29 is 54.1 Å². The molecule has 3 aliphatic rings. The van der Waals surface area contributed by atoms with Crippen LogP contribution in [0.25, 0.3) is 0 Å². The van der Waals surface area contributed by atoms with Gasteiger partial charge in [0.15, 0.2) is 17.9 Å². The zero-order valence-corrected chi connectivity index (χ0v) is 21.2. The van der Waals surface area contributed by atoms with Crippen molar-refractivity contribution in [3.8, 4) is 17.2 Å². The van der Waals surface area contributed by atoms with Gasteiger partial charge in [-0.1, -0.05) is 12.1 Å². The minimum absolute atomic E-state index is 0.0173. The van der Waals surface area contributed by atoms with E-state index >= 15 is 0 Å². The highest BCUT2D eigenvalue weighted by Crippen LogP contribution is 2.52. The van der Waals surface area contributed by atoms with Crippen LogP contribution in [0.1, 0.15) is 68.8 Å². The number of benzene rings is 2. The second kappa shape index (κ2) is 9.66. The summed E-state index contributed by atoms with van der Waals surface area (Å²) in [4.78, 5) is 39.7. The van der Waals surface area contributed by atoms with E-state index in [0.29, 0.717) is 0 Å². The molecule has 0 bridgehead atoms. The summed E-state index contributed by atoms with van der Waals surface area (Å²) < 4.78 is 17.0. The summed E-state index contributed by atoms with van der Waals surface area (Å²) in [6, 6.07) is 3.64. The first-order valence-electron chi connectivity index (χ1n) is 12.4. The van der Waals surface area contributed by atoms with Gasteiger partial charge in [0.2, 0.25) is 5.78 Å². The average molecular weight is 544 g/mol. The summed E-state index contributed by atoms with van der Waals surface area (Å²) in [5, 5.41) is 53.7. The van der Waals surface area contributed by atoms with Crippen LogP contribution in [0.15, 0.2) is 18.2 Å². The molecule has 2 aromatic rings. The molecule has 12 nitrogen and oxygen atoms in total. The number of aliphatic hydroxyl groups is 3. The Morgan fingerprint density at radius 3 is 2.49 bits per heavy atom. The van der Waals surface area contributed by atoms with E-state index in [2.05, 4.69) is 0 Å². The molecule has 0 spiro atoms. The van der Waals surface area contributed by atoms with Crippen molar-refractivity contribution in [1.82, 2.24) is 0 Å². The number of hydrogen-bond acceptors (Lipinski definition) is 12. The zero-order valence-electron chi connectivity index (χ0n) is 21.2. The number of rotatable bonds is 5. The Hall–Kier alpha value is -3.39. The van der Waals surface area contributed by atoms with E-state index in [1.165, 1.54) is 25.3 Å². The second-order valence-corrected chi connectivity index (χ2v) is 10.2. The van der Waals surface area contributed by atoms with Crippen molar-refractivity contribution in [3.05, 3.63) is 51.6 Å². The Kier molecular flexibility index (Phi) is 6.74. The number of aromatic hydroxyl groups is 2. The molecule has 7 N–H and O–H groups in total. The molecule has 2 aliphatic carbocycles. The largest absolute Gasteiger partial charge is 0.507 e. The van der Waals surface area contributed by atoms with E-state index in [4.69, 9.17) is 19.9 Å². The van der Waals surface area contributed by atoms with Gasteiger partial charge in [-0.3, -0.25) is 14.4 Å². The van der Waals surface area contributed by atoms with E-state index in [-0.39, 0.29) is 34.4 Å². The van der Waals surface area contributed by atoms with Gasteiger partial charge in [-0.05, 0) is 13.0 Å². The lowest BCUT2D eigenvalue weighted by Gasteiger charge is -2.42. The highest BCUT2D eigenvalue weighted by molar-refractivity contribution is 6.31. The fourth-order valence-corrected chi connectivity index (χ4v) is 5.75. The molecule has 39 heavy (non-hydrogen) atoms. The highest BCUT2D eigenvalue weighted by Gasteiger charge is 2.50. The van der Waals surface area contributed by atoms with E-state index in [1.807, 2.05) is 0 Å². The van der Waals surface area contributed by atoms with Crippen molar-refractivity contribution >= 4 is 17.3 Å². The van der Waals surface area contributed by atoms with Crippen LogP contribution in [-0.4, -0.2) is 86.7 Å². The van der Waals surface area contributed by atoms with Gasteiger partial charge in [-0.2, -0.15) is 0 Å². The number of fused-ring (bicyclic) bond motifs is 3. The Morgan fingerprint density at radius 2 is 1.85 bits per heavy atom. The van der Waals surface area contributed by atoms with E-state index in [9.17, 15) is 39.9 Å². The number of carbonyl (C=O) groups excluding carboxylic acids is 3. The molecule has 0 radical (unpaired) electrons. The minimum atomic E-state index is -2.24. The van der Waals surface area contributed by atoms with Gasteiger partial charge in [0, 0.05) is 42.0 Å². The van der Waals surface area contributed by atoms with Gasteiger partial charge < -0.3 is 45.5 Å². The molecule has 5 rings (SSSR count).